The van der Waals surface area contributed by atoms with Crippen molar-refractivity contribution < 1.29 is 19.1 Å². The van der Waals surface area contributed by atoms with E-state index in [2.05, 4.69) is 4.99 Å². The van der Waals surface area contributed by atoms with E-state index in [1.165, 1.54) is 11.8 Å². The first-order valence-corrected chi connectivity index (χ1v) is 11.1. The van der Waals surface area contributed by atoms with Crippen LogP contribution in [0.5, 0.6) is 0 Å². The van der Waals surface area contributed by atoms with Crippen molar-refractivity contribution in [2.24, 2.45) is 10.7 Å². The first kappa shape index (κ1) is 25.8. The fourth-order valence-corrected chi connectivity index (χ4v) is 2.96. The third kappa shape index (κ3) is 9.07. The lowest BCUT2D eigenvalue weighted by atomic mass is 10.0. The molecule has 30 heavy (non-hydrogen) atoms. The number of thioether (sulfide) groups is 1. The Balaban J connectivity index is 3.30. The molecule has 0 aliphatic heterocycles. The molecular weight excluding hydrogens is 402 g/mol. The molecular formula is C22H35N3O4S. The number of aryl methyl sites for hydroxylation is 1. The molecule has 0 bridgehead atoms. The standard InChI is InChI=1S/C22H35N3O4S/c1-9-15-11-12-17(24-18(23)30-10-2)13-16(15)14-25(19(26)28-21(3,4)5)20(27)29-22(6,7)8/h11-13H,9-10,14H2,1-8H3,(H2,23,24). The maximum absolute atomic E-state index is 12.8. The Hall–Kier alpha value is -2.22. The van der Waals surface area contributed by atoms with E-state index in [-0.39, 0.29) is 6.54 Å². The maximum Gasteiger partial charge on any atom is 0.420 e. The van der Waals surface area contributed by atoms with E-state index in [1.54, 1.807) is 41.5 Å². The number of nitrogens with two attached hydrogens (primary N) is 1. The molecule has 0 saturated heterocycles. The van der Waals surface area contributed by atoms with Crippen LogP contribution in [0.1, 0.15) is 66.5 Å². The summed E-state index contributed by atoms with van der Waals surface area (Å²) in [6, 6.07) is 5.64. The van der Waals surface area contributed by atoms with Crippen molar-refractivity contribution in [3.8, 4) is 0 Å². The van der Waals surface area contributed by atoms with E-state index in [1.807, 2.05) is 32.0 Å². The lowest BCUT2D eigenvalue weighted by Crippen LogP contribution is -2.43. The van der Waals surface area contributed by atoms with Gasteiger partial charge in [0.1, 0.15) is 11.2 Å². The third-order valence-corrected chi connectivity index (χ3v) is 4.33. The number of amides is 2. The number of hydrogen-bond acceptors (Lipinski definition) is 6. The van der Waals surface area contributed by atoms with Crippen molar-refractivity contribution in [3.05, 3.63) is 29.3 Å². The summed E-state index contributed by atoms with van der Waals surface area (Å²) < 4.78 is 10.9. The van der Waals surface area contributed by atoms with E-state index in [9.17, 15) is 9.59 Å². The van der Waals surface area contributed by atoms with Crippen LogP contribution in [0.3, 0.4) is 0 Å². The monoisotopic (exact) mass is 437 g/mol. The summed E-state index contributed by atoms with van der Waals surface area (Å²) in [5.74, 6) is 0.820. The smallest absolute Gasteiger partial charge is 0.420 e. The van der Waals surface area contributed by atoms with Crippen LogP contribution in [0.15, 0.2) is 23.2 Å². The Bertz CT molecular complexity index is 752. The molecule has 0 fully saturated rings. The van der Waals surface area contributed by atoms with E-state index in [0.29, 0.717) is 10.9 Å². The highest BCUT2D eigenvalue weighted by atomic mass is 32.2. The molecule has 0 heterocycles. The summed E-state index contributed by atoms with van der Waals surface area (Å²) in [5, 5.41) is 0.462. The van der Waals surface area contributed by atoms with Gasteiger partial charge in [-0.05, 0) is 77.0 Å². The number of ether oxygens (including phenoxy) is 2. The highest BCUT2D eigenvalue weighted by molar-refractivity contribution is 8.13. The number of carbonyl (C=O) groups excluding carboxylic acids is 2. The second kappa shape index (κ2) is 10.7. The molecule has 1 rings (SSSR count). The summed E-state index contributed by atoms with van der Waals surface area (Å²) in [5.41, 5.74) is 6.87. The number of hydrogen-bond donors (Lipinski definition) is 1. The fourth-order valence-electron chi connectivity index (χ4n) is 2.49. The number of rotatable bonds is 5. The third-order valence-electron chi connectivity index (χ3n) is 3.66. The van der Waals surface area contributed by atoms with E-state index >= 15 is 0 Å². The van der Waals surface area contributed by atoms with E-state index in [0.717, 1.165) is 28.2 Å². The number of amidine groups is 1. The highest BCUT2D eigenvalue weighted by Gasteiger charge is 2.31. The molecule has 168 valence electrons. The van der Waals surface area contributed by atoms with Crippen LogP contribution in [-0.2, 0) is 22.4 Å². The van der Waals surface area contributed by atoms with Crippen LogP contribution in [0.4, 0.5) is 15.3 Å². The summed E-state index contributed by atoms with van der Waals surface area (Å²) >= 11 is 1.45. The van der Waals surface area contributed by atoms with Crippen molar-refractivity contribution in [2.45, 2.75) is 79.6 Å². The Morgan fingerprint density at radius 2 is 1.53 bits per heavy atom. The molecule has 0 unspecified atom stereocenters. The normalized spacial score (nSPS) is 12.5. The quantitative estimate of drug-likeness (QED) is 0.474. The molecule has 0 aliphatic carbocycles. The summed E-state index contributed by atoms with van der Waals surface area (Å²) in [7, 11) is 0. The molecule has 0 aromatic heterocycles. The highest BCUT2D eigenvalue weighted by Crippen LogP contribution is 2.24. The Labute approximate surface area is 184 Å². The van der Waals surface area contributed by atoms with Crippen LogP contribution in [0.2, 0.25) is 0 Å². The largest absolute Gasteiger partial charge is 0.443 e. The zero-order valence-corrected chi connectivity index (χ0v) is 20.2. The molecule has 7 nitrogen and oxygen atoms in total. The second-order valence-electron chi connectivity index (χ2n) is 8.74. The van der Waals surface area contributed by atoms with Crippen molar-refractivity contribution in [1.82, 2.24) is 4.90 Å². The zero-order valence-electron chi connectivity index (χ0n) is 19.4. The van der Waals surface area contributed by atoms with Gasteiger partial charge >= 0.3 is 12.2 Å². The molecule has 1 aromatic carbocycles. The van der Waals surface area contributed by atoms with Gasteiger partial charge in [-0.25, -0.2) is 19.5 Å². The van der Waals surface area contributed by atoms with Crippen LogP contribution in [0.25, 0.3) is 0 Å². The number of carbonyl (C=O) groups is 2. The Morgan fingerprint density at radius 1 is 1.00 bits per heavy atom. The van der Waals surface area contributed by atoms with Gasteiger partial charge in [-0.2, -0.15) is 0 Å². The van der Waals surface area contributed by atoms with Crippen LogP contribution < -0.4 is 5.73 Å². The minimum atomic E-state index is -0.756. The Kier molecular flexibility index (Phi) is 9.21. The zero-order chi connectivity index (χ0) is 23.1. The summed E-state index contributed by atoms with van der Waals surface area (Å²) in [6.07, 6.45) is -0.780. The van der Waals surface area contributed by atoms with Gasteiger partial charge in [0.15, 0.2) is 5.17 Å². The molecule has 0 spiro atoms. The van der Waals surface area contributed by atoms with Gasteiger partial charge in [-0.3, -0.25) is 0 Å². The molecule has 0 radical (unpaired) electrons. The number of imide groups is 1. The Morgan fingerprint density at radius 3 is 1.97 bits per heavy atom. The number of benzene rings is 1. The molecule has 0 saturated carbocycles. The van der Waals surface area contributed by atoms with Crippen molar-refractivity contribution in [3.63, 3.8) is 0 Å². The number of aliphatic imine (C=N–C) groups is 1. The lowest BCUT2D eigenvalue weighted by Gasteiger charge is -2.29. The first-order valence-electron chi connectivity index (χ1n) is 10.1. The fraction of sp³-hybridized carbons (Fsp3) is 0.591. The van der Waals surface area contributed by atoms with Crippen molar-refractivity contribution >= 4 is 34.8 Å². The van der Waals surface area contributed by atoms with Crippen LogP contribution in [0, 0.1) is 0 Å². The van der Waals surface area contributed by atoms with Gasteiger partial charge < -0.3 is 15.2 Å². The molecule has 0 aliphatic rings. The van der Waals surface area contributed by atoms with Crippen LogP contribution >= 0.6 is 11.8 Å². The average molecular weight is 438 g/mol. The second-order valence-corrected chi connectivity index (χ2v) is 10.0. The summed E-state index contributed by atoms with van der Waals surface area (Å²) in [4.78, 5) is 31.0. The average Bonchev–Trinajstić information content (AvgIpc) is 2.56. The van der Waals surface area contributed by atoms with Crippen molar-refractivity contribution in [1.29, 1.82) is 0 Å². The molecule has 8 heteroatoms. The minimum Gasteiger partial charge on any atom is -0.443 e. The number of nitrogens with zero attached hydrogens (tertiary/aromatic N) is 2. The van der Waals surface area contributed by atoms with Gasteiger partial charge in [-0.15, -0.1) is 0 Å². The molecule has 0 atom stereocenters. The molecule has 2 N–H and O–H groups in total. The predicted molar refractivity (Wildman–Crippen MR) is 123 cm³/mol. The van der Waals surface area contributed by atoms with Crippen LogP contribution in [-0.4, -0.2) is 39.2 Å². The lowest BCUT2D eigenvalue weighted by molar-refractivity contribution is -0.000281. The van der Waals surface area contributed by atoms with Gasteiger partial charge in [-0.1, -0.05) is 31.7 Å². The molecule has 1 aromatic rings. The van der Waals surface area contributed by atoms with E-state index in [4.69, 9.17) is 15.2 Å². The van der Waals surface area contributed by atoms with E-state index < -0.39 is 23.4 Å². The maximum atomic E-state index is 12.8. The molecule has 2 amide bonds. The summed E-state index contributed by atoms with van der Waals surface area (Å²) in [6.45, 7) is 14.5. The van der Waals surface area contributed by atoms with Gasteiger partial charge in [0.05, 0.1) is 12.2 Å². The van der Waals surface area contributed by atoms with Crippen molar-refractivity contribution in [2.75, 3.05) is 5.75 Å². The first-order chi connectivity index (χ1) is 13.8. The van der Waals surface area contributed by atoms with Gasteiger partial charge in [0.2, 0.25) is 0 Å². The predicted octanol–water partition coefficient (Wildman–Crippen LogP) is 5.62. The minimum absolute atomic E-state index is 0.0111. The topological polar surface area (TPSA) is 94.2 Å². The SMILES string of the molecule is CCSC(N)=Nc1ccc(CC)c(CN(C(=O)OC(C)(C)C)C(=O)OC(C)(C)C)c1. The van der Waals surface area contributed by atoms with Gasteiger partial charge in [0.25, 0.3) is 0 Å². The van der Waals surface area contributed by atoms with Gasteiger partial charge in [0, 0.05) is 0 Å².